The van der Waals surface area contributed by atoms with Crippen LogP contribution in [-0.2, 0) is 14.4 Å². The average Bonchev–Trinajstić information content (AvgIpc) is 3.04. The molecule has 0 aromatic heterocycles. The maximum atomic E-state index is 13.6. The van der Waals surface area contributed by atoms with Crippen LogP contribution < -0.4 is 16.4 Å². The quantitative estimate of drug-likeness (QED) is 0.395. The molecule has 0 saturated carbocycles. The first kappa shape index (κ1) is 27.6. The number of hydrogen-bond donors (Lipinski definition) is 3. The summed E-state index contributed by atoms with van der Waals surface area (Å²) in [6, 6.07) is 22.3. The minimum atomic E-state index is -4.57. The van der Waals surface area contributed by atoms with Crippen LogP contribution in [0.2, 0.25) is 0 Å². The SMILES string of the molecule is Cc1cccc2c1NC(=O)C(NC(=O)[C@H](CCC(F)(F)F)[C@@H](C(N)=O)c1ccccc1)N=C2c1ccccc1. The molecular weight excluding hydrogens is 509 g/mol. The van der Waals surface area contributed by atoms with Gasteiger partial charge in [0.05, 0.1) is 23.2 Å². The molecule has 0 fully saturated rings. The number of primary amides is 1. The maximum Gasteiger partial charge on any atom is 0.389 e. The molecule has 1 aliphatic rings. The molecule has 1 heterocycles. The molecule has 4 N–H and O–H groups in total. The maximum absolute atomic E-state index is 13.6. The van der Waals surface area contributed by atoms with Gasteiger partial charge in [0.1, 0.15) is 0 Å². The van der Waals surface area contributed by atoms with E-state index in [2.05, 4.69) is 15.6 Å². The first-order chi connectivity index (χ1) is 18.5. The molecule has 3 atom stereocenters. The zero-order valence-corrected chi connectivity index (χ0v) is 21.0. The van der Waals surface area contributed by atoms with Crippen LogP contribution in [0.5, 0.6) is 0 Å². The Labute approximate surface area is 223 Å². The van der Waals surface area contributed by atoms with Crippen LogP contribution in [0.25, 0.3) is 0 Å². The summed E-state index contributed by atoms with van der Waals surface area (Å²) in [6.07, 6.45) is -8.07. The molecule has 3 amide bonds. The van der Waals surface area contributed by atoms with Gasteiger partial charge in [-0.15, -0.1) is 0 Å². The normalized spacial score (nSPS) is 16.7. The van der Waals surface area contributed by atoms with Gasteiger partial charge in [-0.05, 0) is 24.5 Å². The Morgan fingerprint density at radius 3 is 2.26 bits per heavy atom. The van der Waals surface area contributed by atoms with Gasteiger partial charge in [0, 0.05) is 17.5 Å². The number of halogens is 3. The summed E-state index contributed by atoms with van der Waals surface area (Å²) in [7, 11) is 0. The highest BCUT2D eigenvalue weighted by atomic mass is 19.4. The third kappa shape index (κ3) is 6.51. The lowest BCUT2D eigenvalue weighted by Crippen LogP contribution is -2.47. The number of nitrogens with one attached hydrogen (secondary N) is 2. The van der Waals surface area contributed by atoms with Crippen molar-refractivity contribution in [2.45, 2.75) is 38.0 Å². The van der Waals surface area contributed by atoms with E-state index in [0.717, 1.165) is 5.56 Å². The molecule has 1 unspecified atom stereocenters. The average molecular weight is 537 g/mol. The fraction of sp³-hybridized carbons (Fsp3) is 0.241. The number of alkyl halides is 3. The zero-order valence-electron chi connectivity index (χ0n) is 21.0. The van der Waals surface area contributed by atoms with Gasteiger partial charge >= 0.3 is 6.18 Å². The first-order valence-electron chi connectivity index (χ1n) is 12.3. The molecular formula is C29H27F3N4O3. The standard InChI is InChI=1S/C29H27F3N4O3/c1-17-9-8-14-21-23(17)35-28(39)26(34-24(21)19-12-6-3-7-13-19)36-27(38)20(15-16-29(30,31)32)22(25(33)37)18-10-4-2-5-11-18/h2-14,20,22,26H,15-16H2,1H3,(H2,33,37)(H,35,39)(H,36,38)/t20-,22+,26?/m1/s1. The fourth-order valence-electron chi connectivity index (χ4n) is 4.67. The lowest BCUT2D eigenvalue weighted by Gasteiger charge is -2.26. The topological polar surface area (TPSA) is 114 Å². The molecule has 3 aromatic carbocycles. The number of carbonyl (C=O) groups excluding carboxylic acids is 3. The van der Waals surface area contributed by atoms with Crippen molar-refractivity contribution >= 4 is 29.1 Å². The van der Waals surface area contributed by atoms with E-state index in [1.807, 2.05) is 25.1 Å². The number of carbonyl (C=O) groups is 3. The number of para-hydroxylation sites is 1. The number of nitrogens with two attached hydrogens (primary N) is 1. The molecule has 7 nitrogen and oxygen atoms in total. The second kappa shape index (κ2) is 11.5. The van der Waals surface area contributed by atoms with Crippen LogP contribution in [0.15, 0.2) is 83.9 Å². The predicted molar refractivity (Wildman–Crippen MR) is 141 cm³/mol. The fourth-order valence-corrected chi connectivity index (χ4v) is 4.67. The molecule has 202 valence electrons. The van der Waals surface area contributed by atoms with Crippen molar-refractivity contribution in [2.75, 3.05) is 5.32 Å². The summed E-state index contributed by atoms with van der Waals surface area (Å²) in [4.78, 5) is 43.8. The number of amides is 3. The molecule has 0 radical (unpaired) electrons. The van der Waals surface area contributed by atoms with Crippen LogP contribution in [-0.4, -0.2) is 35.8 Å². The predicted octanol–water partition coefficient (Wildman–Crippen LogP) is 4.45. The van der Waals surface area contributed by atoms with Crippen molar-refractivity contribution in [2.24, 2.45) is 16.6 Å². The largest absolute Gasteiger partial charge is 0.389 e. The van der Waals surface area contributed by atoms with Crippen LogP contribution >= 0.6 is 0 Å². The van der Waals surface area contributed by atoms with Crippen LogP contribution in [0.3, 0.4) is 0 Å². The van der Waals surface area contributed by atoms with Gasteiger partial charge in [0.25, 0.3) is 5.91 Å². The van der Waals surface area contributed by atoms with E-state index in [9.17, 15) is 27.6 Å². The summed E-state index contributed by atoms with van der Waals surface area (Å²) in [5.41, 5.74) is 8.88. The van der Waals surface area contributed by atoms with Crippen molar-refractivity contribution in [3.63, 3.8) is 0 Å². The number of fused-ring (bicyclic) bond motifs is 1. The molecule has 0 bridgehead atoms. The van der Waals surface area contributed by atoms with E-state index in [-0.39, 0.29) is 0 Å². The van der Waals surface area contributed by atoms with Gasteiger partial charge in [-0.3, -0.25) is 14.4 Å². The first-order valence-corrected chi connectivity index (χ1v) is 12.3. The van der Waals surface area contributed by atoms with Crippen LogP contribution in [0, 0.1) is 12.8 Å². The van der Waals surface area contributed by atoms with Crippen molar-refractivity contribution in [1.82, 2.24) is 5.32 Å². The minimum Gasteiger partial charge on any atom is -0.369 e. The summed E-state index contributed by atoms with van der Waals surface area (Å²) < 4.78 is 39.6. The van der Waals surface area contributed by atoms with E-state index >= 15 is 0 Å². The Kier molecular flexibility index (Phi) is 8.13. The van der Waals surface area contributed by atoms with E-state index < -0.39 is 54.7 Å². The highest BCUT2D eigenvalue weighted by Gasteiger charge is 2.39. The number of benzene rings is 3. The van der Waals surface area contributed by atoms with Crippen LogP contribution in [0.4, 0.5) is 18.9 Å². The molecule has 4 rings (SSSR count). The number of benzodiazepines with no additional fused rings is 1. The lowest BCUT2D eigenvalue weighted by atomic mass is 9.81. The molecule has 39 heavy (non-hydrogen) atoms. The van der Waals surface area contributed by atoms with Crippen molar-refractivity contribution in [3.05, 3.63) is 101 Å². The van der Waals surface area contributed by atoms with E-state index in [1.165, 1.54) is 12.1 Å². The van der Waals surface area contributed by atoms with E-state index in [1.54, 1.807) is 48.5 Å². The third-order valence-corrected chi connectivity index (χ3v) is 6.55. The zero-order chi connectivity index (χ0) is 28.2. The molecule has 10 heteroatoms. The Morgan fingerprint density at radius 2 is 1.64 bits per heavy atom. The van der Waals surface area contributed by atoms with E-state index in [4.69, 9.17) is 5.73 Å². The minimum absolute atomic E-state index is 0.300. The number of rotatable bonds is 8. The van der Waals surface area contributed by atoms with Gasteiger partial charge < -0.3 is 16.4 Å². The lowest BCUT2D eigenvalue weighted by molar-refractivity contribution is -0.144. The van der Waals surface area contributed by atoms with Crippen molar-refractivity contribution < 1.29 is 27.6 Å². The Bertz CT molecular complexity index is 1390. The molecule has 0 saturated heterocycles. The molecule has 1 aliphatic heterocycles. The molecule has 3 aromatic rings. The molecule has 0 spiro atoms. The second-order valence-corrected chi connectivity index (χ2v) is 9.29. The number of aryl methyl sites for hydroxylation is 1. The Morgan fingerprint density at radius 1 is 1.00 bits per heavy atom. The number of aliphatic imine (C=N–C) groups is 1. The highest BCUT2D eigenvalue weighted by Crippen LogP contribution is 2.33. The van der Waals surface area contributed by atoms with E-state index in [0.29, 0.717) is 28.1 Å². The second-order valence-electron chi connectivity index (χ2n) is 9.29. The molecule has 0 aliphatic carbocycles. The summed E-state index contributed by atoms with van der Waals surface area (Å²) in [6.45, 7) is 1.81. The van der Waals surface area contributed by atoms with Gasteiger partial charge in [-0.1, -0.05) is 78.9 Å². The van der Waals surface area contributed by atoms with Crippen molar-refractivity contribution in [1.29, 1.82) is 0 Å². The summed E-state index contributed by atoms with van der Waals surface area (Å²) >= 11 is 0. The monoisotopic (exact) mass is 536 g/mol. The number of hydrogen-bond acceptors (Lipinski definition) is 4. The number of nitrogens with zero attached hydrogens (tertiary/aromatic N) is 1. The van der Waals surface area contributed by atoms with Gasteiger partial charge in [0.15, 0.2) is 0 Å². The smallest absolute Gasteiger partial charge is 0.369 e. The van der Waals surface area contributed by atoms with Gasteiger partial charge in [0.2, 0.25) is 18.0 Å². The van der Waals surface area contributed by atoms with Gasteiger partial charge in [-0.2, -0.15) is 13.2 Å². The summed E-state index contributed by atoms with van der Waals surface area (Å²) in [5, 5.41) is 5.28. The van der Waals surface area contributed by atoms with Gasteiger partial charge in [-0.25, -0.2) is 4.99 Å². The van der Waals surface area contributed by atoms with Crippen molar-refractivity contribution in [3.8, 4) is 0 Å². The Hall–Kier alpha value is -4.47. The summed E-state index contributed by atoms with van der Waals surface area (Å²) in [5.74, 6) is -5.41. The number of anilines is 1. The third-order valence-electron chi connectivity index (χ3n) is 6.55. The Balaban J connectivity index is 1.73. The highest BCUT2D eigenvalue weighted by molar-refractivity contribution is 6.20. The van der Waals surface area contributed by atoms with Crippen LogP contribution in [0.1, 0.15) is 41.0 Å².